The SMILES string of the molecule is Cc1cnc(-c2ccccc2C(C)C)nc1NCC1CCN(C)CC1. The fourth-order valence-electron chi connectivity index (χ4n) is 3.46. The lowest BCUT2D eigenvalue weighted by atomic mass is 9.96. The third kappa shape index (κ3) is 4.37. The molecule has 0 spiro atoms. The number of aryl methyl sites for hydroxylation is 1. The molecule has 2 heterocycles. The molecule has 4 nitrogen and oxygen atoms in total. The van der Waals surface area contributed by atoms with Crippen LogP contribution in [0, 0.1) is 12.8 Å². The van der Waals surface area contributed by atoms with Crippen LogP contribution in [0.2, 0.25) is 0 Å². The van der Waals surface area contributed by atoms with Gasteiger partial charge in [-0.2, -0.15) is 0 Å². The molecule has 1 saturated heterocycles. The van der Waals surface area contributed by atoms with Crippen molar-refractivity contribution in [2.75, 3.05) is 32.0 Å². The van der Waals surface area contributed by atoms with E-state index in [1.165, 1.54) is 31.5 Å². The molecule has 0 aliphatic carbocycles. The van der Waals surface area contributed by atoms with Gasteiger partial charge in [-0.25, -0.2) is 9.97 Å². The molecule has 3 rings (SSSR count). The van der Waals surface area contributed by atoms with Gasteiger partial charge in [-0.15, -0.1) is 0 Å². The van der Waals surface area contributed by atoms with E-state index in [0.717, 1.165) is 35.2 Å². The number of likely N-dealkylation sites (tertiary alicyclic amines) is 1. The van der Waals surface area contributed by atoms with Crippen LogP contribution in [0.25, 0.3) is 11.4 Å². The average Bonchev–Trinajstić information content (AvgIpc) is 2.62. The highest BCUT2D eigenvalue weighted by Crippen LogP contribution is 2.28. The summed E-state index contributed by atoms with van der Waals surface area (Å²) in [5, 5.41) is 3.59. The molecule has 0 atom stereocenters. The van der Waals surface area contributed by atoms with Crippen LogP contribution in [0.5, 0.6) is 0 Å². The molecule has 2 aromatic rings. The maximum Gasteiger partial charge on any atom is 0.161 e. The fraction of sp³-hybridized carbons (Fsp3) is 0.524. The second kappa shape index (κ2) is 7.96. The maximum atomic E-state index is 4.85. The number of rotatable bonds is 5. The average molecular weight is 338 g/mol. The van der Waals surface area contributed by atoms with Gasteiger partial charge in [0.25, 0.3) is 0 Å². The minimum absolute atomic E-state index is 0.455. The molecule has 0 radical (unpaired) electrons. The highest BCUT2D eigenvalue weighted by Gasteiger charge is 2.17. The molecular weight excluding hydrogens is 308 g/mol. The van der Waals surface area contributed by atoms with Gasteiger partial charge in [0.1, 0.15) is 5.82 Å². The Labute approximate surface area is 151 Å². The van der Waals surface area contributed by atoms with Gasteiger partial charge in [0, 0.05) is 23.9 Å². The number of hydrogen-bond donors (Lipinski definition) is 1. The molecule has 1 aliphatic rings. The number of benzene rings is 1. The van der Waals surface area contributed by atoms with Crippen molar-refractivity contribution in [3.63, 3.8) is 0 Å². The Bertz CT molecular complexity index is 703. The van der Waals surface area contributed by atoms with Crippen LogP contribution >= 0.6 is 0 Å². The van der Waals surface area contributed by atoms with Gasteiger partial charge in [0.05, 0.1) is 0 Å². The van der Waals surface area contributed by atoms with E-state index in [4.69, 9.17) is 4.98 Å². The van der Waals surface area contributed by atoms with E-state index in [9.17, 15) is 0 Å². The smallest absolute Gasteiger partial charge is 0.161 e. The summed E-state index contributed by atoms with van der Waals surface area (Å²) >= 11 is 0. The first kappa shape index (κ1) is 17.9. The summed E-state index contributed by atoms with van der Waals surface area (Å²) in [5.74, 6) is 2.98. The van der Waals surface area contributed by atoms with E-state index < -0.39 is 0 Å². The molecule has 0 bridgehead atoms. The van der Waals surface area contributed by atoms with Gasteiger partial charge in [-0.1, -0.05) is 38.1 Å². The van der Waals surface area contributed by atoms with E-state index in [-0.39, 0.29) is 0 Å². The van der Waals surface area contributed by atoms with Crippen molar-refractivity contribution < 1.29 is 0 Å². The molecule has 1 aliphatic heterocycles. The van der Waals surface area contributed by atoms with Crippen molar-refractivity contribution in [1.82, 2.24) is 14.9 Å². The number of aromatic nitrogens is 2. The Morgan fingerprint density at radius 3 is 2.64 bits per heavy atom. The molecular formula is C21H30N4. The van der Waals surface area contributed by atoms with Gasteiger partial charge < -0.3 is 10.2 Å². The summed E-state index contributed by atoms with van der Waals surface area (Å²) < 4.78 is 0. The molecule has 0 unspecified atom stereocenters. The van der Waals surface area contributed by atoms with Gasteiger partial charge in [0.15, 0.2) is 5.82 Å². The number of nitrogens with one attached hydrogen (secondary N) is 1. The molecule has 0 amide bonds. The summed E-state index contributed by atoms with van der Waals surface area (Å²) in [6.07, 6.45) is 4.46. The third-order valence-electron chi connectivity index (χ3n) is 5.19. The van der Waals surface area contributed by atoms with E-state index >= 15 is 0 Å². The van der Waals surface area contributed by atoms with Crippen molar-refractivity contribution >= 4 is 5.82 Å². The Morgan fingerprint density at radius 2 is 1.92 bits per heavy atom. The molecule has 134 valence electrons. The Balaban J connectivity index is 1.77. The van der Waals surface area contributed by atoms with Crippen LogP contribution in [0.15, 0.2) is 30.5 Å². The number of anilines is 1. The molecule has 1 N–H and O–H groups in total. The van der Waals surface area contributed by atoms with Crippen LogP contribution in [0.4, 0.5) is 5.82 Å². The summed E-state index contributed by atoms with van der Waals surface area (Å²) in [6.45, 7) is 9.90. The first-order valence-corrected chi connectivity index (χ1v) is 9.40. The lowest BCUT2D eigenvalue weighted by molar-refractivity contribution is 0.226. The van der Waals surface area contributed by atoms with Gasteiger partial charge in [0.2, 0.25) is 0 Å². The van der Waals surface area contributed by atoms with Crippen molar-refractivity contribution in [2.24, 2.45) is 5.92 Å². The van der Waals surface area contributed by atoms with Crippen molar-refractivity contribution in [3.8, 4) is 11.4 Å². The van der Waals surface area contributed by atoms with E-state index in [1.807, 2.05) is 6.20 Å². The highest BCUT2D eigenvalue weighted by molar-refractivity contribution is 5.63. The van der Waals surface area contributed by atoms with Gasteiger partial charge in [-0.3, -0.25) is 0 Å². The fourth-order valence-corrected chi connectivity index (χ4v) is 3.46. The monoisotopic (exact) mass is 338 g/mol. The third-order valence-corrected chi connectivity index (χ3v) is 5.19. The van der Waals surface area contributed by atoms with Crippen molar-refractivity contribution in [3.05, 3.63) is 41.6 Å². The normalized spacial score (nSPS) is 16.4. The Hall–Kier alpha value is -1.94. The zero-order valence-electron chi connectivity index (χ0n) is 15.9. The number of hydrogen-bond acceptors (Lipinski definition) is 4. The lowest BCUT2D eigenvalue weighted by Gasteiger charge is -2.29. The highest BCUT2D eigenvalue weighted by atomic mass is 15.1. The standard InChI is InChI=1S/C21H30N4/c1-15(2)18-7-5-6-8-19(18)21-22-13-16(3)20(24-21)23-14-17-9-11-25(4)12-10-17/h5-8,13,15,17H,9-12,14H2,1-4H3,(H,22,23,24). The minimum atomic E-state index is 0.455. The quantitative estimate of drug-likeness (QED) is 0.881. The molecule has 4 heteroatoms. The maximum absolute atomic E-state index is 4.85. The first-order chi connectivity index (χ1) is 12.0. The molecule has 25 heavy (non-hydrogen) atoms. The topological polar surface area (TPSA) is 41.1 Å². The second-order valence-corrected chi connectivity index (χ2v) is 7.59. The molecule has 0 saturated carbocycles. The summed E-state index contributed by atoms with van der Waals surface area (Å²) in [7, 11) is 2.21. The Morgan fingerprint density at radius 1 is 1.20 bits per heavy atom. The lowest BCUT2D eigenvalue weighted by Crippen LogP contribution is -2.33. The summed E-state index contributed by atoms with van der Waals surface area (Å²) in [6, 6.07) is 8.46. The van der Waals surface area contributed by atoms with Crippen LogP contribution < -0.4 is 5.32 Å². The van der Waals surface area contributed by atoms with Crippen LogP contribution in [0.1, 0.15) is 43.7 Å². The zero-order valence-corrected chi connectivity index (χ0v) is 15.9. The van der Waals surface area contributed by atoms with Crippen molar-refractivity contribution in [2.45, 2.75) is 39.5 Å². The van der Waals surface area contributed by atoms with Crippen LogP contribution in [0.3, 0.4) is 0 Å². The van der Waals surface area contributed by atoms with E-state index in [1.54, 1.807) is 0 Å². The second-order valence-electron chi connectivity index (χ2n) is 7.59. The molecule has 1 aromatic carbocycles. The van der Waals surface area contributed by atoms with E-state index in [2.05, 4.69) is 67.3 Å². The van der Waals surface area contributed by atoms with Gasteiger partial charge in [-0.05, 0) is 57.3 Å². The largest absolute Gasteiger partial charge is 0.369 e. The zero-order chi connectivity index (χ0) is 17.8. The first-order valence-electron chi connectivity index (χ1n) is 9.40. The summed E-state index contributed by atoms with van der Waals surface area (Å²) in [4.78, 5) is 11.9. The number of nitrogens with zero attached hydrogens (tertiary/aromatic N) is 3. The predicted octanol–water partition coefficient (Wildman–Crippen LogP) is 4.33. The van der Waals surface area contributed by atoms with E-state index in [0.29, 0.717) is 5.92 Å². The Kier molecular flexibility index (Phi) is 5.69. The minimum Gasteiger partial charge on any atom is -0.369 e. The molecule has 1 aromatic heterocycles. The van der Waals surface area contributed by atoms with Crippen molar-refractivity contribution in [1.29, 1.82) is 0 Å². The summed E-state index contributed by atoms with van der Waals surface area (Å²) in [5.41, 5.74) is 3.55. The van der Waals surface area contributed by atoms with Crippen LogP contribution in [-0.4, -0.2) is 41.5 Å². The predicted molar refractivity (Wildman–Crippen MR) is 105 cm³/mol. The van der Waals surface area contributed by atoms with Crippen LogP contribution in [-0.2, 0) is 0 Å². The number of piperidine rings is 1. The van der Waals surface area contributed by atoms with Gasteiger partial charge >= 0.3 is 0 Å². The molecule has 1 fully saturated rings.